The molecule has 7 heteroatoms. The van der Waals surface area contributed by atoms with Crippen LogP contribution in [-0.2, 0) is 14.0 Å². The zero-order valence-electron chi connectivity index (χ0n) is 13.5. The van der Waals surface area contributed by atoms with E-state index in [-0.39, 0.29) is 35.6 Å². The second-order valence-corrected chi connectivity index (χ2v) is 12.9. The SMILES string of the molecule is C[C@@H](O[Si](C)(C)C)[C@H]1C(=O)N2C(C(=O)O)=C3CCSC[C@H]3[C@H]12. The van der Waals surface area contributed by atoms with Gasteiger partial charge in [0.2, 0.25) is 5.91 Å². The van der Waals surface area contributed by atoms with Gasteiger partial charge in [-0.2, -0.15) is 11.8 Å². The third-order valence-electron chi connectivity index (χ3n) is 4.65. The Kier molecular flexibility index (Phi) is 3.94. The lowest BCUT2D eigenvalue weighted by Crippen LogP contribution is -2.65. The lowest BCUT2D eigenvalue weighted by Gasteiger charge is -2.49. The first-order chi connectivity index (χ1) is 10.2. The van der Waals surface area contributed by atoms with Crippen molar-refractivity contribution in [3.63, 3.8) is 0 Å². The highest BCUT2D eigenvalue weighted by atomic mass is 32.2. The summed E-state index contributed by atoms with van der Waals surface area (Å²) in [6, 6.07) is -0.00671. The molecule has 0 spiro atoms. The Hall–Kier alpha value is -0.793. The van der Waals surface area contributed by atoms with E-state index in [4.69, 9.17) is 4.43 Å². The topological polar surface area (TPSA) is 66.8 Å². The van der Waals surface area contributed by atoms with Gasteiger partial charge in [0.25, 0.3) is 0 Å². The van der Waals surface area contributed by atoms with Crippen molar-refractivity contribution in [2.75, 3.05) is 11.5 Å². The Labute approximate surface area is 136 Å². The van der Waals surface area contributed by atoms with Crippen LogP contribution in [0.25, 0.3) is 0 Å². The van der Waals surface area contributed by atoms with Crippen LogP contribution in [0, 0.1) is 11.8 Å². The van der Waals surface area contributed by atoms with Crippen molar-refractivity contribution >= 4 is 32.0 Å². The summed E-state index contributed by atoms with van der Waals surface area (Å²) < 4.78 is 6.11. The average molecular weight is 342 g/mol. The standard InChI is InChI=1S/C15H23NO4SSi/c1-8(20-22(2,3)4)11-12-10-7-21-6-5-9(10)13(15(18)19)16(12)14(11)17/h8,10-12H,5-7H2,1-4H3,(H,18,19)/t8-,10-,11-,12-/m1/s1. The lowest BCUT2D eigenvalue weighted by atomic mass is 9.77. The van der Waals surface area contributed by atoms with E-state index >= 15 is 0 Å². The summed E-state index contributed by atoms with van der Waals surface area (Å²) >= 11 is 1.86. The van der Waals surface area contributed by atoms with Crippen molar-refractivity contribution in [1.29, 1.82) is 0 Å². The fourth-order valence-electron chi connectivity index (χ4n) is 4.00. The lowest BCUT2D eigenvalue weighted by molar-refractivity contribution is -0.162. The number of carboxylic acid groups (broad SMARTS) is 1. The van der Waals surface area contributed by atoms with Gasteiger partial charge in [0.15, 0.2) is 8.32 Å². The van der Waals surface area contributed by atoms with Gasteiger partial charge in [0.1, 0.15) is 5.70 Å². The smallest absolute Gasteiger partial charge is 0.352 e. The molecular formula is C15H23NO4SSi. The molecule has 0 aromatic carbocycles. The van der Waals surface area contributed by atoms with Crippen molar-refractivity contribution in [3.05, 3.63) is 11.3 Å². The maximum absolute atomic E-state index is 12.6. The van der Waals surface area contributed by atoms with Gasteiger partial charge >= 0.3 is 5.97 Å². The molecule has 1 N–H and O–H groups in total. The largest absolute Gasteiger partial charge is 0.477 e. The number of fused-ring (bicyclic) bond motifs is 3. The van der Waals surface area contributed by atoms with Gasteiger partial charge in [0, 0.05) is 11.7 Å². The predicted molar refractivity (Wildman–Crippen MR) is 88.1 cm³/mol. The zero-order chi connectivity index (χ0) is 16.2. The third-order valence-corrected chi connectivity index (χ3v) is 6.82. The van der Waals surface area contributed by atoms with E-state index in [0.29, 0.717) is 0 Å². The Balaban J connectivity index is 1.87. The van der Waals surface area contributed by atoms with Crippen LogP contribution >= 0.6 is 11.8 Å². The third kappa shape index (κ3) is 2.43. The number of hydrogen-bond donors (Lipinski definition) is 1. The van der Waals surface area contributed by atoms with Crippen molar-refractivity contribution < 1.29 is 19.1 Å². The molecule has 3 aliphatic heterocycles. The normalized spacial score (nSPS) is 32.5. The molecule has 0 aliphatic carbocycles. The van der Waals surface area contributed by atoms with E-state index in [1.165, 1.54) is 0 Å². The highest BCUT2D eigenvalue weighted by molar-refractivity contribution is 7.99. The number of hydrogen-bond acceptors (Lipinski definition) is 4. The maximum atomic E-state index is 12.6. The van der Waals surface area contributed by atoms with Gasteiger partial charge in [-0.05, 0) is 44.3 Å². The van der Waals surface area contributed by atoms with Crippen LogP contribution < -0.4 is 0 Å². The predicted octanol–water partition coefficient (Wildman–Crippen LogP) is 2.16. The van der Waals surface area contributed by atoms with E-state index in [0.717, 1.165) is 23.5 Å². The van der Waals surface area contributed by atoms with Crippen LogP contribution in [0.3, 0.4) is 0 Å². The summed E-state index contributed by atoms with van der Waals surface area (Å²) in [7, 11) is -1.73. The van der Waals surface area contributed by atoms with Crippen molar-refractivity contribution in [2.24, 2.45) is 11.8 Å². The zero-order valence-corrected chi connectivity index (χ0v) is 15.3. The average Bonchev–Trinajstić information content (AvgIpc) is 2.68. The molecular weight excluding hydrogens is 318 g/mol. The van der Waals surface area contributed by atoms with Crippen LogP contribution in [-0.4, -0.2) is 53.9 Å². The molecule has 22 heavy (non-hydrogen) atoms. The van der Waals surface area contributed by atoms with Crippen LogP contribution in [0.15, 0.2) is 11.3 Å². The summed E-state index contributed by atoms with van der Waals surface area (Å²) in [6.07, 6.45) is 0.648. The first-order valence-corrected chi connectivity index (χ1v) is 12.3. The van der Waals surface area contributed by atoms with Crippen molar-refractivity contribution in [1.82, 2.24) is 4.90 Å². The molecule has 0 radical (unpaired) electrons. The molecule has 3 aliphatic rings. The molecule has 0 unspecified atom stereocenters. The summed E-state index contributed by atoms with van der Waals surface area (Å²) in [5.41, 5.74) is 1.24. The molecule has 3 heterocycles. The van der Waals surface area contributed by atoms with Crippen LogP contribution in [0.2, 0.25) is 19.6 Å². The molecule has 0 saturated carbocycles. The number of carbonyl (C=O) groups is 2. The second kappa shape index (κ2) is 5.38. The first-order valence-electron chi connectivity index (χ1n) is 7.77. The van der Waals surface area contributed by atoms with E-state index < -0.39 is 14.3 Å². The number of rotatable bonds is 4. The van der Waals surface area contributed by atoms with Gasteiger partial charge in [-0.1, -0.05) is 0 Å². The molecule has 0 aromatic rings. The van der Waals surface area contributed by atoms with Crippen LogP contribution in [0.5, 0.6) is 0 Å². The number of nitrogens with zero attached hydrogens (tertiary/aromatic N) is 1. The van der Waals surface area contributed by atoms with E-state index in [9.17, 15) is 14.7 Å². The maximum Gasteiger partial charge on any atom is 0.352 e. The Morgan fingerprint density at radius 2 is 2.14 bits per heavy atom. The number of amides is 1. The first kappa shape index (κ1) is 16.1. The highest BCUT2D eigenvalue weighted by Gasteiger charge is 2.61. The highest BCUT2D eigenvalue weighted by Crippen LogP contribution is 2.51. The molecule has 3 rings (SSSR count). The van der Waals surface area contributed by atoms with E-state index in [1.807, 2.05) is 18.7 Å². The summed E-state index contributed by atoms with van der Waals surface area (Å²) in [4.78, 5) is 25.7. The number of aliphatic carboxylic acids is 1. The summed E-state index contributed by atoms with van der Waals surface area (Å²) in [5, 5.41) is 9.52. The molecule has 1 amide bonds. The van der Waals surface area contributed by atoms with E-state index in [1.54, 1.807) is 4.90 Å². The molecule has 0 bridgehead atoms. The van der Waals surface area contributed by atoms with Gasteiger partial charge in [0.05, 0.1) is 18.1 Å². The van der Waals surface area contributed by atoms with Gasteiger partial charge in [-0.25, -0.2) is 4.79 Å². The molecule has 2 fully saturated rings. The molecule has 2 saturated heterocycles. The number of thioether (sulfide) groups is 1. The fourth-order valence-corrected chi connectivity index (χ4v) is 6.45. The van der Waals surface area contributed by atoms with Gasteiger partial charge in [-0.15, -0.1) is 0 Å². The van der Waals surface area contributed by atoms with Gasteiger partial charge < -0.3 is 14.4 Å². The quantitative estimate of drug-likeness (QED) is 0.627. The minimum absolute atomic E-state index is 0.00671. The molecule has 122 valence electrons. The summed E-state index contributed by atoms with van der Waals surface area (Å²) in [6.45, 7) is 8.30. The Morgan fingerprint density at radius 1 is 1.45 bits per heavy atom. The number of carboxylic acids is 1. The number of β-lactam (4-membered cyclic amide) rings is 1. The molecule has 5 nitrogen and oxygen atoms in total. The van der Waals surface area contributed by atoms with E-state index in [2.05, 4.69) is 19.6 Å². The monoisotopic (exact) mass is 341 g/mol. The van der Waals surface area contributed by atoms with Crippen LogP contribution in [0.1, 0.15) is 13.3 Å². The van der Waals surface area contributed by atoms with Crippen LogP contribution in [0.4, 0.5) is 0 Å². The fraction of sp³-hybridized carbons (Fsp3) is 0.733. The second-order valence-electron chi connectivity index (χ2n) is 7.27. The molecule has 4 atom stereocenters. The minimum atomic E-state index is -1.73. The summed E-state index contributed by atoms with van der Waals surface area (Å²) in [5.74, 6) is 0.835. The number of carbonyl (C=O) groups excluding carboxylic acids is 1. The Bertz CT molecular complexity index is 556. The van der Waals surface area contributed by atoms with Crippen molar-refractivity contribution in [3.8, 4) is 0 Å². The minimum Gasteiger partial charge on any atom is -0.477 e. The Morgan fingerprint density at radius 3 is 2.73 bits per heavy atom. The van der Waals surface area contributed by atoms with Gasteiger partial charge in [-0.3, -0.25) is 4.79 Å². The van der Waals surface area contributed by atoms with Crippen molar-refractivity contribution in [2.45, 2.75) is 45.1 Å². The molecule has 0 aromatic heterocycles.